The van der Waals surface area contributed by atoms with Gasteiger partial charge in [0.05, 0.1) is 0 Å². The van der Waals surface area contributed by atoms with Gasteiger partial charge in [0, 0.05) is 5.92 Å². The minimum atomic E-state index is 0.309. The van der Waals surface area contributed by atoms with E-state index < -0.39 is 0 Å². The highest BCUT2D eigenvalue weighted by atomic mass is 16.1. The molecule has 1 nitrogen and oxygen atoms in total. The first-order valence-corrected chi connectivity index (χ1v) is 3.54. The molecule has 1 atom stereocenters. The predicted octanol–water partition coefficient (Wildman–Crippen LogP) is 1.93. The zero-order valence-electron chi connectivity index (χ0n) is 5.55. The lowest BCUT2D eigenvalue weighted by atomic mass is 10.0. The van der Waals surface area contributed by atoms with Gasteiger partial charge in [0.1, 0.15) is 6.29 Å². The molecule has 1 heteroatoms. The van der Waals surface area contributed by atoms with Crippen molar-refractivity contribution in [3.05, 3.63) is 12.2 Å². The summed E-state index contributed by atoms with van der Waals surface area (Å²) in [4.78, 5) is 10.3. The van der Waals surface area contributed by atoms with Crippen molar-refractivity contribution in [2.45, 2.75) is 25.7 Å². The smallest absolute Gasteiger partial charge is 0.123 e. The Balaban J connectivity index is 2.37. The van der Waals surface area contributed by atoms with Crippen molar-refractivity contribution in [3.8, 4) is 0 Å². The number of carbonyl (C=O) groups excluding carboxylic acids is 1. The van der Waals surface area contributed by atoms with Crippen LogP contribution >= 0.6 is 0 Å². The molecule has 0 heterocycles. The third kappa shape index (κ3) is 2.00. The lowest BCUT2D eigenvalue weighted by Crippen LogP contribution is -1.97. The van der Waals surface area contributed by atoms with Crippen LogP contribution in [0.25, 0.3) is 0 Å². The lowest BCUT2D eigenvalue weighted by Gasteiger charge is -2.00. The number of aldehydes is 1. The van der Waals surface area contributed by atoms with Crippen molar-refractivity contribution < 1.29 is 4.79 Å². The number of allylic oxidation sites excluding steroid dienone is 2. The van der Waals surface area contributed by atoms with Crippen LogP contribution in [0.4, 0.5) is 0 Å². The van der Waals surface area contributed by atoms with Crippen LogP contribution in [0.1, 0.15) is 25.7 Å². The molecular weight excluding hydrogens is 112 g/mol. The molecule has 0 saturated heterocycles. The van der Waals surface area contributed by atoms with Gasteiger partial charge in [-0.25, -0.2) is 0 Å². The fraction of sp³-hybridized carbons (Fsp3) is 0.625. The van der Waals surface area contributed by atoms with Gasteiger partial charge in [0.25, 0.3) is 0 Å². The fourth-order valence-corrected chi connectivity index (χ4v) is 1.13. The molecular formula is C8H12O. The monoisotopic (exact) mass is 124 g/mol. The van der Waals surface area contributed by atoms with Crippen molar-refractivity contribution >= 4 is 6.29 Å². The van der Waals surface area contributed by atoms with E-state index in [4.69, 9.17) is 0 Å². The molecule has 0 aromatic heterocycles. The van der Waals surface area contributed by atoms with Gasteiger partial charge in [-0.3, -0.25) is 0 Å². The van der Waals surface area contributed by atoms with Gasteiger partial charge < -0.3 is 4.79 Å². The molecule has 0 spiro atoms. The van der Waals surface area contributed by atoms with E-state index in [1.165, 1.54) is 6.42 Å². The molecule has 0 radical (unpaired) electrons. The quantitative estimate of drug-likeness (QED) is 0.385. The Bertz CT molecular complexity index is 116. The van der Waals surface area contributed by atoms with E-state index in [9.17, 15) is 4.79 Å². The second-order valence-electron chi connectivity index (χ2n) is 2.53. The molecule has 0 N–H and O–H groups in total. The molecule has 0 aromatic rings. The summed E-state index contributed by atoms with van der Waals surface area (Å²) in [7, 11) is 0. The molecule has 1 unspecified atom stereocenters. The van der Waals surface area contributed by atoms with Crippen LogP contribution in [-0.2, 0) is 4.79 Å². The molecule has 0 saturated carbocycles. The average molecular weight is 124 g/mol. The standard InChI is InChI=1S/C8H12O/c9-7-8-5-3-1-2-4-6-8/h1,3,7-8H,2,4-6H2. The molecule has 50 valence electrons. The fourth-order valence-electron chi connectivity index (χ4n) is 1.13. The molecule has 0 aliphatic heterocycles. The van der Waals surface area contributed by atoms with Gasteiger partial charge in [0.2, 0.25) is 0 Å². The van der Waals surface area contributed by atoms with E-state index in [1.807, 2.05) is 0 Å². The van der Waals surface area contributed by atoms with E-state index in [-0.39, 0.29) is 0 Å². The molecule has 1 aliphatic carbocycles. The summed E-state index contributed by atoms with van der Waals surface area (Å²) in [5.41, 5.74) is 0. The van der Waals surface area contributed by atoms with Crippen LogP contribution in [0.15, 0.2) is 12.2 Å². The van der Waals surface area contributed by atoms with E-state index in [1.54, 1.807) is 0 Å². The van der Waals surface area contributed by atoms with Crippen LogP contribution in [0.5, 0.6) is 0 Å². The summed E-state index contributed by atoms with van der Waals surface area (Å²) in [6.45, 7) is 0. The van der Waals surface area contributed by atoms with Crippen molar-refractivity contribution in [1.82, 2.24) is 0 Å². The predicted molar refractivity (Wildman–Crippen MR) is 37.2 cm³/mol. The Labute approximate surface area is 55.8 Å². The maximum Gasteiger partial charge on any atom is 0.123 e. The summed E-state index contributed by atoms with van der Waals surface area (Å²) in [5, 5.41) is 0. The normalized spacial score (nSPS) is 27.3. The van der Waals surface area contributed by atoms with Crippen LogP contribution < -0.4 is 0 Å². The minimum absolute atomic E-state index is 0.309. The molecule has 9 heavy (non-hydrogen) atoms. The summed E-state index contributed by atoms with van der Waals surface area (Å²) >= 11 is 0. The van der Waals surface area contributed by atoms with E-state index in [2.05, 4.69) is 12.2 Å². The van der Waals surface area contributed by atoms with Gasteiger partial charge in [-0.05, 0) is 25.7 Å². The molecule has 1 rings (SSSR count). The van der Waals surface area contributed by atoms with Crippen LogP contribution in [-0.4, -0.2) is 6.29 Å². The van der Waals surface area contributed by atoms with Crippen molar-refractivity contribution in [1.29, 1.82) is 0 Å². The summed E-state index contributed by atoms with van der Waals surface area (Å²) in [6, 6.07) is 0. The second kappa shape index (κ2) is 3.44. The third-order valence-corrected chi connectivity index (χ3v) is 1.74. The molecule has 1 aliphatic rings. The Morgan fingerprint density at radius 3 is 3.11 bits per heavy atom. The first kappa shape index (κ1) is 6.53. The largest absolute Gasteiger partial charge is 0.303 e. The van der Waals surface area contributed by atoms with Gasteiger partial charge in [0.15, 0.2) is 0 Å². The number of hydrogen-bond acceptors (Lipinski definition) is 1. The lowest BCUT2D eigenvalue weighted by molar-refractivity contribution is -0.111. The van der Waals surface area contributed by atoms with Gasteiger partial charge in [-0.15, -0.1) is 0 Å². The maximum absolute atomic E-state index is 10.3. The molecule has 0 fully saturated rings. The van der Waals surface area contributed by atoms with Crippen LogP contribution in [0.3, 0.4) is 0 Å². The third-order valence-electron chi connectivity index (χ3n) is 1.74. The minimum Gasteiger partial charge on any atom is -0.303 e. The number of rotatable bonds is 1. The zero-order valence-corrected chi connectivity index (χ0v) is 5.55. The maximum atomic E-state index is 10.3. The van der Waals surface area contributed by atoms with Crippen LogP contribution in [0.2, 0.25) is 0 Å². The highest BCUT2D eigenvalue weighted by molar-refractivity contribution is 5.53. The van der Waals surface area contributed by atoms with Crippen molar-refractivity contribution in [3.63, 3.8) is 0 Å². The molecule has 0 amide bonds. The molecule has 0 bridgehead atoms. The Morgan fingerprint density at radius 1 is 1.44 bits per heavy atom. The Kier molecular flexibility index (Phi) is 2.49. The van der Waals surface area contributed by atoms with E-state index >= 15 is 0 Å². The zero-order chi connectivity index (χ0) is 6.53. The first-order chi connectivity index (χ1) is 4.43. The van der Waals surface area contributed by atoms with E-state index in [0.717, 1.165) is 25.5 Å². The first-order valence-electron chi connectivity index (χ1n) is 3.54. The van der Waals surface area contributed by atoms with Gasteiger partial charge >= 0.3 is 0 Å². The summed E-state index contributed by atoms with van der Waals surface area (Å²) < 4.78 is 0. The van der Waals surface area contributed by atoms with Gasteiger partial charge in [-0.2, -0.15) is 0 Å². The van der Waals surface area contributed by atoms with Gasteiger partial charge in [-0.1, -0.05) is 12.2 Å². The molecule has 0 aromatic carbocycles. The highest BCUT2D eigenvalue weighted by Crippen LogP contribution is 2.15. The second-order valence-corrected chi connectivity index (χ2v) is 2.53. The Hall–Kier alpha value is -0.590. The average Bonchev–Trinajstić information content (AvgIpc) is 2.13. The number of hydrogen-bond donors (Lipinski definition) is 0. The van der Waals surface area contributed by atoms with Crippen molar-refractivity contribution in [2.24, 2.45) is 5.92 Å². The SMILES string of the molecule is O=CC1CC=CCCC1. The summed E-state index contributed by atoms with van der Waals surface area (Å²) in [5.74, 6) is 0.309. The summed E-state index contributed by atoms with van der Waals surface area (Å²) in [6.07, 6.45) is 9.75. The van der Waals surface area contributed by atoms with Crippen molar-refractivity contribution in [2.75, 3.05) is 0 Å². The topological polar surface area (TPSA) is 17.1 Å². The van der Waals surface area contributed by atoms with Crippen LogP contribution in [0, 0.1) is 5.92 Å². The van der Waals surface area contributed by atoms with E-state index in [0.29, 0.717) is 5.92 Å². The number of carbonyl (C=O) groups is 1. The highest BCUT2D eigenvalue weighted by Gasteiger charge is 2.05. The Morgan fingerprint density at radius 2 is 2.33 bits per heavy atom.